The first-order valence-corrected chi connectivity index (χ1v) is 3.71. The van der Waals surface area contributed by atoms with Crippen molar-refractivity contribution < 1.29 is 0 Å². The highest BCUT2D eigenvalue weighted by Crippen LogP contribution is 1.66. The molecule has 0 heterocycles. The van der Waals surface area contributed by atoms with E-state index in [9.17, 15) is 0 Å². The highest BCUT2D eigenvalue weighted by atomic mass is 15.1. The van der Waals surface area contributed by atoms with Crippen molar-refractivity contribution in [2.24, 2.45) is 11.5 Å². The Kier molecular flexibility index (Phi) is 6.84. The van der Waals surface area contributed by atoms with Crippen molar-refractivity contribution in [2.45, 2.75) is 13.1 Å². The summed E-state index contributed by atoms with van der Waals surface area (Å²) in [6.07, 6.45) is 0.0310. The van der Waals surface area contributed by atoms with Gasteiger partial charge in [0.2, 0.25) is 0 Å². The molecule has 62 valence electrons. The normalized spacial score (nSPS) is 13.5. The molecule has 0 fully saturated rings. The Hall–Kier alpha value is -0.160. The average molecular weight is 146 g/mol. The highest BCUT2D eigenvalue weighted by Gasteiger charge is 1.96. The summed E-state index contributed by atoms with van der Waals surface area (Å²) in [5.41, 5.74) is 10.9. The van der Waals surface area contributed by atoms with Crippen molar-refractivity contribution in [1.29, 1.82) is 0 Å². The summed E-state index contributed by atoms with van der Waals surface area (Å²) in [7, 11) is 0. The molecule has 0 aliphatic rings. The average Bonchev–Trinajstić information content (AvgIpc) is 1.97. The van der Waals surface area contributed by atoms with Gasteiger partial charge in [0.15, 0.2) is 0 Å². The fourth-order valence-corrected chi connectivity index (χ4v) is 0.641. The summed E-state index contributed by atoms with van der Waals surface area (Å²) < 4.78 is 0. The van der Waals surface area contributed by atoms with Gasteiger partial charge in [-0.1, -0.05) is 6.92 Å². The van der Waals surface area contributed by atoms with E-state index in [2.05, 4.69) is 17.6 Å². The van der Waals surface area contributed by atoms with Gasteiger partial charge in [0, 0.05) is 19.6 Å². The molecule has 0 aliphatic carbocycles. The largest absolute Gasteiger partial charge is 0.329 e. The lowest BCUT2D eigenvalue weighted by Crippen LogP contribution is -2.46. The van der Waals surface area contributed by atoms with Gasteiger partial charge in [-0.05, 0) is 6.54 Å². The number of nitrogens with one attached hydrogen (secondary N) is 2. The van der Waals surface area contributed by atoms with E-state index >= 15 is 0 Å². The molecule has 10 heavy (non-hydrogen) atoms. The van der Waals surface area contributed by atoms with E-state index in [1.54, 1.807) is 0 Å². The Morgan fingerprint density at radius 1 is 1.50 bits per heavy atom. The van der Waals surface area contributed by atoms with E-state index in [-0.39, 0.29) is 6.17 Å². The van der Waals surface area contributed by atoms with E-state index in [4.69, 9.17) is 11.5 Å². The summed E-state index contributed by atoms with van der Waals surface area (Å²) in [6, 6.07) is 0. The van der Waals surface area contributed by atoms with Crippen LogP contribution in [-0.2, 0) is 0 Å². The van der Waals surface area contributed by atoms with E-state index in [1.165, 1.54) is 0 Å². The lowest BCUT2D eigenvalue weighted by atomic mass is 10.4. The number of likely N-dealkylation sites (N-methyl/N-ethyl adjacent to an activating group) is 1. The summed E-state index contributed by atoms with van der Waals surface area (Å²) in [5.74, 6) is 0. The van der Waals surface area contributed by atoms with Crippen molar-refractivity contribution in [1.82, 2.24) is 10.6 Å². The van der Waals surface area contributed by atoms with E-state index < -0.39 is 0 Å². The molecule has 0 aromatic rings. The molecule has 4 heteroatoms. The van der Waals surface area contributed by atoms with Crippen LogP contribution in [0.4, 0.5) is 0 Å². The zero-order chi connectivity index (χ0) is 7.82. The van der Waals surface area contributed by atoms with Crippen LogP contribution in [0.25, 0.3) is 0 Å². The molecule has 0 aromatic heterocycles. The fraction of sp³-hybridized carbons (Fsp3) is 1.00. The number of rotatable bonds is 6. The smallest absolute Gasteiger partial charge is 0.0675 e. The second-order valence-electron chi connectivity index (χ2n) is 2.16. The first-order chi connectivity index (χ1) is 4.81. The van der Waals surface area contributed by atoms with Crippen LogP contribution >= 0.6 is 0 Å². The van der Waals surface area contributed by atoms with E-state index in [1.807, 2.05) is 0 Å². The Labute approximate surface area is 62.3 Å². The molecule has 0 amide bonds. The van der Waals surface area contributed by atoms with Crippen LogP contribution in [0.2, 0.25) is 0 Å². The second-order valence-corrected chi connectivity index (χ2v) is 2.16. The van der Waals surface area contributed by atoms with Crippen molar-refractivity contribution in [3.8, 4) is 0 Å². The standard InChI is InChI=1S/C6H18N4/c1-2-9-5-6(8)10-4-3-7/h6,9-10H,2-5,7-8H2,1H3. The molecular formula is C6H18N4. The van der Waals surface area contributed by atoms with Crippen LogP contribution in [0, 0.1) is 0 Å². The van der Waals surface area contributed by atoms with Gasteiger partial charge in [-0.15, -0.1) is 0 Å². The quantitative estimate of drug-likeness (QED) is 0.341. The molecule has 1 unspecified atom stereocenters. The predicted molar refractivity (Wildman–Crippen MR) is 43.6 cm³/mol. The Morgan fingerprint density at radius 2 is 2.20 bits per heavy atom. The van der Waals surface area contributed by atoms with E-state index in [0.717, 1.165) is 19.6 Å². The highest BCUT2D eigenvalue weighted by molar-refractivity contribution is 4.60. The van der Waals surface area contributed by atoms with Gasteiger partial charge in [-0.3, -0.25) is 5.32 Å². The lowest BCUT2D eigenvalue weighted by Gasteiger charge is -2.12. The minimum absolute atomic E-state index is 0.0310. The molecule has 0 bridgehead atoms. The molecule has 0 saturated heterocycles. The molecule has 0 radical (unpaired) electrons. The SMILES string of the molecule is CCNCC(N)NCCN. The molecule has 0 saturated carbocycles. The van der Waals surface area contributed by atoms with Crippen LogP contribution in [0.15, 0.2) is 0 Å². The zero-order valence-electron chi connectivity index (χ0n) is 6.56. The second kappa shape index (κ2) is 6.95. The minimum Gasteiger partial charge on any atom is -0.329 e. The zero-order valence-corrected chi connectivity index (χ0v) is 6.56. The van der Waals surface area contributed by atoms with E-state index in [0.29, 0.717) is 6.54 Å². The van der Waals surface area contributed by atoms with Crippen LogP contribution in [-0.4, -0.2) is 32.3 Å². The Balaban J connectivity index is 3.00. The monoisotopic (exact) mass is 146 g/mol. The molecule has 1 atom stereocenters. The molecule has 4 nitrogen and oxygen atoms in total. The fourth-order valence-electron chi connectivity index (χ4n) is 0.641. The summed E-state index contributed by atoms with van der Waals surface area (Å²) in [6.45, 7) is 5.23. The Morgan fingerprint density at radius 3 is 2.70 bits per heavy atom. The number of nitrogens with two attached hydrogens (primary N) is 2. The van der Waals surface area contributed by atoms with Gasteiger partial charge in [0.25, 0.3) is 0 Å². The number of hydrogen-bond acceptors (Lipinski definition) is 4. The van der Waals surface area contributed by atoms with Crippen molar-refractivity contribution in [2.75, 3.05) is 26.2 Å². The third kappa shape index (κ3) is 5.97. The minimum atomic E-state index is 0.0310. The van der Waals surface area contributed by atoms with Gasteiger partial charge in [0.1, 0.15) is 0 Å². The number of hydrogen-bond donors (Lipinski definition) is 4. The predicted octanol–water partition coefficient (Wildman–Crippen LogP) is -1.57. The van der Waals surface area contributed by atoms with Gasteiger partial charge in [0.05, 0.1) is 6.17 Å². The van der Waals surface area contributed by atoms with Gasteiger partial charge in [-0.25, -0.2) is 0 Å². The van der Waals surface area contributed by atoms with Crippen molar-refractivity contribution in [3.05, 3.63) is 0 Å². The first kappa shape index (κ1) is 9.84. The van der Waals surface area contributed by atoms with Crippen LogP contribution < -0.4 is 22.1 Å². The van der Waals surface area contributed by atoms with Crippen molar-refractivity contribution >= 4 is 0 Å². The van der Waals surface area contributed by atoms with Gasteiger partial charge >= 0.3 is 0 Å². The van der Waals surface area contributed by atoms with Gasteiger partial charge in [-0.2, -0.15) is 0 Å². The maximum absolute atomic E-state index is 5.62. The molecular weight excluding hydrogens is 128 g/mol. The summed E-state index contributed by atoms with van der Waals surface area (Å²) in [5, 5.41) is 6.19. The first-order valence-electron chi connectivity index (χ1n) is 3.71. The maximum Gasteiger partial charge on any atom is 0.0675 e. The third-order valence-corrected chi connectivity index (χ3v) is 1.17. The molecule has 0 rings (SSSR count). The van der Waals surface area contributed by atoms with Crippen LogP contribution in [0.3, 0.4) is 0 Å². The molecule has 6 N–H and O–H groups in total. The van der Waals surface area contributed by atoms with Crippen LogP contribution in [0.5, 0.6) is 0 Å². The van der Waals surface area contributed by atoms with Crippen LogP contribution in [0.1, 0.15) is 6.92 Å². The summed E-state index contributed by atoms with van der Waals surface area (Å²) >= 11 is 0. The maximum atomic E-state index is 5.62. The summed E-state index contributed by atoms with van der Waals surface area (Å²) in [4.78, 5) is 0. The third-order valence-electron chi connectivity index (χ3n) is 1.17. The van der Waals surface area contributed by atoms with Crippen molar-refractivity contribution in [3.63, 3.8) is 0 Å². The van der Waals surface area contributed by atoms with Gasteiger partial charge < -0.3 is 16.8 Å². The molecule has 0 aliphatic heterocycles. The molecule has 0 aromatic carbocycles. The topological polar surface area (TPSA) is 76.1 Å². The molecule has 0 spiro atoms. The Bertz CT molecular complexity index is 58.8. The lowest BCUT2D eigenvalue weighted by molar-refractivity contribution is 0.498.